The van der Waals surface area contributed by atoms with Gasteiger partial charge in [-0.2, -0.15) is 4.98 Å². The van der Waals surface area contributed by atoms with Crippen molar-refractivity contribution in [2.75, 3.05) is 59.9 Å². The number of benzene rings is 1. The molecule has 0 radical (unpaired) electrons. The third-order valence-electron chi connectivity index (χ3n) is 5.73. The fourth-order valence-electron chi connectivity index (χ4n) is 4.22. The fraction of sp³-hybridized carbons (Fsp3) is 0.450. The minimum atomic E-state index is -0.0927. The molecule has 28 heavy (non-hydrogen) atoms. The zero-order valence-corrected chi connectivity index (χ0v) is 16.0. The minimum absolute atomic E-state index is 0.0927. The number of carbonyl (C=O) groups is 1. The molecule has 1 amide bonds. The van der Waals surface area contributed by atoms with Crippen LogP contribution in [0, 0.1) is 0 Å². The van der Waals surface area contributed by atoms with Gasteiger partial charge in [0.1, 0.15) is 11.7 Å². The Morgan fingerprint density at radius 1 is 1.21 bits per heavy atom. The monoisotopic (exact) mass is 380 g/mol. The van der Waals surface area contributed by atoms with E-state index in [-0.39, 0.29) is 11.9 Å². The number of rotatable bonds is 3. The molecule has 5 rings (SSSR count). The van der Waals surface area contributed by atoms with Crippen LogP contribution in [0.25, 0.3) is 0 Å². The molecule has 3 aliphatic heterocycles. The van der Waals surface area contributed by atoms with E-state index in [1.807, 2.05) is 12.1 Å². The number of ether oxygens (including phenoxy) is 1. The summed E-state index contributed by atoms with van der Waals surface area (Å²) in [6.07, 6.45) is 3.64. The molecule has 1 aromatic carbocycles. The number of hydrogen-bond donors (Lipinski definition) is 1. The maximum absolute atomic E-state index is 12.5. The molecule has 8 nitrogen and oxygen atoms in total. The molecular formula is C20H24N6O2. The lowest BCUT2D eigenvalue weighted by atomic mass is 10.1. The van der Waals surface area contributed by atoms with Crippen LogP contribution < -0.4 is 20.0 Å². The van der Waals surface area contributed by atoms with E-state index in [0.717, 1.165) is 68.6 Å². The van der Waals surface area contributed by atoms with Crippen molar-refractivity contribution in [2.24, 2.45) is 0 Å². The number of anilines is 5. The predicted octanol–water partition coefficient (Wildman–Crippen LogP) is 2.00. The Morgan fingerprint density at radius 3 is 2.93 bits per heavy atom. The third-order valence-corrected chi connectivity index (χ3v) is 5.73. The van der Waals surface area contributed by atoms with Crippen LogP contribution in [0.3, 0.4) is 0 Å². The summed E-state index contributed by atoms with van der Waals surface area (Å²) in [5.74, 6) is 1.52. The molecule has 1 atom stereocenters. The number of aromatic nitrogens is 2. The predicted molar refractivity (Wildman–Crippen MR) is 109 cm³/mol. The van der Waals surface area contributed by atoms with E-state index < -0.39 is 0 Å². The first kappa shape index (κ1) is 17.2. The van der Waals surface area contributed by atoms with Gasteiger partial charge in [-0.15, -0.1) is 0 Å². The first-order valence-corrected chi connectivity index (χ1v) is 9.82. The van der Waals surface area contributed by atoms with Crippen LogP contribution in [0.2, 0.25) is 0 Å². The molecule has 3 aliphatic rings. The highest BCUT2D eigenvalue weighted by Gasteiger charge is 2.40. The van der Waals surface area contributed by atoms with Crippen molar-refractivity contribution in [3.63, 3.8) is 0 Å². The summed E-state index contributed by atoms with van der Waals surface area (Å²) in [6.45, 7) is 4.18. The summed E-state index contributed by atoms with van der Waals surface area (Å²) >= 11 is 0. The van der Waals surface area contributed by atoms with Crippen molar-refractivity contribution in [1.29, 1.82) is 0 Å². The molecule has 0 aliphatic carbocycles. The van der Waals surface area contributed by atoms with E-state index in [1.165, 1.54) is 0 Å². The van der Waals surface area contributed by atoms with E-state index in [0.29, 0.717) is 5.95 Å². The van der Waals surface area contributed by atoms with Crippen LogP contribution in [-0.2, 0) is 9.53 Å². The molecule has 0 unspecified atom stereocenters. The molecule has 146 valence electrons. The Labute approximate surface area is 164 Å². The van der Waals surface area contributed by atoms with Gasteiger partial charge in [0.15, 0.2) is 5.82 Å². The van der Waals surface area contributed by atoms with E-state index in [4.69, 9.17) is 9.72 Å². The Morgan fingerprint density at radius 2 is 2.07 bits per heavy atom. The van der Waals surface area contributed by atoms with Gasteiger partial charge in [-0.1, -0.05) is 6.07 Å². The highest BCUT2D eigenvalue weighted by Crippen LogP contribution is 2.38. The molecule has 1 aromatic heterocycles. The summed E-state index contributed by atoms with van der Waals surface area (Å²) in [5, 5.41) is 3.33. The van der Waals surface area contributed by atoms with Crippen LogP contribution in [0.4, 0.5) is 28.8 Å². The SMILES string of the molecule is CN1C(=O)[C@H]2CCCN2c2nc(Nc3cccc(N4CCOCC4)c3)ncc21. The molecule has 8 heteroatoms. The lowest BCUT2D eigenvalue weighted by Gasteiger charge is -2.36. The minimum Gasteiger partial charge on any atom is -0.378 e. The molecule has 0 spiro atoms. The van der Waals surface area contributed by atoms with Crippen molar-refractivity contribution in [2.45, 2.75) is 18.9 Å². The number of hydrogen-bond acceptors (Lipinski definition) is 7. The van der Waals surface area contributed by atoms with E-state index in [9.17, 15) is 4.79 Å². The number of nitrogens with zero attached hydrogens (tertiary/aromatic N) is 5. The van der Waals surface area contributed by atoms with E-state index in [1.54, 1.807) is 18.1 Å². The number of morpholine rings is 1. The van der Waals surface area contributed by atoms with Crippen LogP contribution in [0.15, 0.2) is 30.5 Å². The Balaban J connectivity index is 1.41. The maximum atomic E-state index is 12.5. The van der Waals surface area contributed by atoms with Crippen molar-refractivity contribution < 1.29 is 9.53 Å². The normalized spacial score (nSPS) is 21.5. The summed E-state index contributed by atoms with van der Waals surface area (Å²) in [5.41, 5.74) is 2.88. The van der Waals surface area contributed by atoms with Gasteiger partial charge in [0.2, 0.25) is 11.9 Å². The molecular weight excluding hydrogens is 356 g/mol. The largest absolute Gasteiger partial charge is 0.378 e. The second-order valence-electron chi connectivity index (χ2n) is 7.43. The lowest BCUT2D eigenvalue weighted by molar-refractivity contribution is -0.119. The van der Waals surface area contributed by atoms with Crippen LogP contribution in [-0.4, -0.2) is 61.8 Å². The van der Waals surface area contributed by atoms with Crippen molar-refractivity contribution in [3.8, 4) is 0 Å². The topological polar surface area (TPSA) is 73.8 Å². The molecule has 0 saturated carbocycles. The summed E-state index contributed by atoms with van der Waals surface area (Å²) in [4.78, 5) is 27.9. The first-order chi connectivity index (χ1) is 13.7. The number of nitrogens with one attached hydrogen (secondary N) is 1. The number of fused-ring (bicyclic) bond motifs is 3. The molecule has 0 bridgehead atoms. The smallest absolute Gasteiger partial charge is 0.249 e. The summed E-state index contributed by atoms with van der Waals surface area (Å²) < 4.78 is 5.44. The van der Waals surface area contributed by atoms with Gasteiger partial charge < -0.3 is 24.8 Å². The van der Waals surface area contributed by atoms with E-state index >= 15 is 0 Å². The number of amides is 1. The van der Waals surface area contributed by atoms with Gasteiger partial charge in [-0.25, -0.2) is 4.98 Å². The fourth-order valence-corrected chi connectivity index (χ4v) is 4.22. The van der Waals surface area contributed by atoms with Gasteiger partial charge >= 0.3 is 0 Å². The van der Waals surface area contributed by atoms with Gasteiger partial charge in [-0.3, -0.25) is 4.79 Å². The highest BCUT2D eigenvalue weighted by atomic mass is 16.5. The van der Waals surface area contributed by atoms with Crippen LogP contribution in [0.5, 0.6) is 0 Å². The van der Waals surface area contributed by atoms with Crippen molar-refractivity contribution in [1.82, 2.24) is 9.97 Å². The second kappa shape index (κ2) is 6.94. The van der Waals surface area contributed by atoms with Gasteiger partial charge in [0.25, 0.3) is 0 Å². The maximum Gasteiger partial charge on any atom is 0.249 e. The zero-order chi connectivity index (χ0) is 19.1. The highest BCUT2D eigenvalue weighted by molar-refractivity contribution is 6.04. The zero-order valence-electron chi connectivity index (χ0n) is 16.0. The summed E-state index contributed by atoms with van der Waals surface area (Å²) in [6, 6.07) is 8.18. The standard InChI is InChI=1S/C20H24N6O2/c1-24-17-13-21-20(23-18(17)26-7-3-6-16(26)19(24)27)22-14-4-2-5-15(12-14)25-8-10-28-11-9-25/h2,4-5,12-13,16H,3,6-11H2,1H3,(H,21,22,23)/t16-/m1/s1. The molecule has 1 N–H and O–H groups in total. The molecule has 2 saturated heterocycles. The number of likely N-dealkylation sites (N-methyl/N-ethyl adjacent to an activating group) is 1. The van der Waals surface area contributed by atoms with Crippen molar-refractivity contribution >= 4 is 34.7 Å². The van der Waals surface area contributed by atoms with Gasteiger partial charge in [-0.05, 0) is 31.0 Å². The lowest BCUT2D eigenvalue weighted by Crippen LogP contribution is -2.49. The summed E-state index contributed by atoms with van der Waals surface area (Å²) in [7, 11) is 1.80. The average molecular weight is 380 g/mol. The third kappa shape index (κ3) is 2.93. The Hall–Kier alpha value is -2.87. The molecule has 2 aromatic rings. The second-order valence-corrected chi connectivity index (χ2v) is 7.43. The van der Waals surface area contributed by atoms with Gasteiger partial charge in [0, 0.05) is 38.1 Å². The average Bonchev–Trinajstić information content (AvgIpc) is 3.23. The molecule has 4 heterocycles. The van der Waals surface area contributed by atoms with Crippen LogP contribution >= 0.6 is 0 Å². The van der Waals surface area contributed by atoms with Gasteiger partial charge in [0.05, 0.1) is 19.4 Å². The van der Waals surface area contributed by atoms with Crippen molar-refractivity contribution in [3.05, 3.63) is 30.5 Å². The quantitative estimate of drug-likeness (QED) is 0.873. The Bertz CT molecular complexity index is 898. The van der Waals surface area contributed by atoms with E-state index in [2.05, 4.69) is 32.2 Å². The number of carbonyl (C=O) groups excluding carboxylic acids is 1. The molecule has 2 fully saturated rings. The van der Waals surface area contributed by atoms with Crippen LogP contribution in [0.1, 0.15) is 12.8 Å². The first-order valence-electron chi connectivity index (χ1n) is 9.82. The Kier molecular flexibility index (Phi) is 4.27.